The lowest BCUT2D eigenvalue weighted by Crippen LogP contribution is -2.41. The van der Waals surface area contributed by atoms with Gasteiger partial charge in [0.05, 0.1) is 62.0 Å². The van der Waals surface area contributed by atoms with Crippen molar-refractivity contribution in [3.8, 4) is 11.5 Å². The summed E-state index contributed by atoms with van der Waals surface area (Å²) in [5.41, 5.74) is -0.0445. The Morgan fingerprint density at radius 1 is 0.536 bits per heavy atom. The predicted molar refractivity (Wildman–Crippen MR) is 212 cm³/mol. The van der Waals surface area contributed by atoms with Crippen LogP contribution in [0.1, 0.15) is 76.2 Å². The fourth-order valence-electron chi connectivity index (χ4n) is 4.96. The molecule has 0 amide bonds. The molecule has 312 valence electrons. The summed E-state index contributed by atoms with van der Waals surface area (Å²) in [4.78, 5) is 21.8. The summed E-state index contributed by atoms with van der Waals surface area (Å²) in [6, 6.07) is 15.3. The molecule has 2 fully saturated rings. The standard InChI is InChI=1S/C22H35BO7.C18H27BO7/c1-20(2,3)28-19(24)16-26-13-12-25-14-15-27-18-10-8-17(9-11-18)23-29-21(4,5)22(6,7)30-23;1-17(2)18(3,4)26-19(25-17)14-5-7-15(8-6-14)24-12-11-22-9-10-23-13-16(20)21/h8-11H,12-16H2,1-7H3;5-8H,9-13H2,1-4H3,(H,20,21). The van der Waals surface area contributed by atoms with E-state index in [2.05, 4.69) is 0 Å². The lowest BCUT2D eigenvalue weighted by Gasteiger charge is -2.32. The summed E-state index contributed by atoms with van der Waals surface area (Å²) >= 11 is 0. The molecule has 56 heavy (non-hydrogen) atoms. The highest BCUT2D eigenvalue weighted by atomic mass is 16.7. The van der Waals surface area contributed by atoms with E-state index in [1.165, 1.54) is 0 Å². The summed E-state index contributed by atoms with van der Waals surface area (Å²) in [5.74, 6) is 0.114. The van der Waals surface area contributed by atoms with Crippen LogP contribution in [0.2, 0.25) is 0 Å². The van der Waals surface area contributed by atoms with E-state index in [0.717, 1.165) is 22.4 Å². The van der Waals surface area contributed by atoms with Gasteiger partial charge in [0.2, 0.25) is 0 Å². The number of esters is 1. The maximum atomic E-state index is 11.5. The molecule has 2 aliphatic heterocycles. The number of benzene rings is 2. The van der Waals surface area contributed by atoms with Crippen LogP contribution in [0, 0.1) is 0 Å². The molecule has 2 saturated heterocycles. The molecule has 2 heterocycles. The summed E-state index contributed by atoms with van der Waals surface area (Å²) in [5, 5.41) is 8.42. The smallest absolute Gasteiger partial charge is 0.491 e. The summed E-state index contributed by atoms with van der Waals surface area (Å²) in [7, 11) is -0.767. The molecular weight excluding hydrogens is 726 g/mol. The van der Waals surface area contributed by atoms with Crippen LogP contribution in [0.5, 0.6) is 11.5 Å². The highest BCUT2D eigenvalue weighted by Gasteiger charge is 2.52. The maximum absolute atomic E-state index is 11.5. The predicted octanol–water partition coefficient (Wildman–Crippen LogP) is 4.22. The van der Waals surface area contributed by atoms with Crippen LogP contribution in [0.15, 0.2) is 48.5 Å². The van der Waals surface area contributed by atoms with Gasteiger partial charge in [0.25, 0.3) is 0 Å². The van der Waals surface area contributed by atoms with E-state index in [1.807, 2.05) is 125 Å². The molecule has 0 radical (unpaired) electrons. The van der Waals surface area contributed by atoms with Crippen molar-refractivity contribution in [3.05, 3.63) is 48.5 Å². The summed E-state index contributed by atoms with van der Waals surface area (Å²) in [6.45, 7) is 24.2. The Morgan fingerprint density at radius 2 is 0.857 bits per heavy atom. The van der Waals surface area contributed by atoms with Gasteiger partial charge in [-0.05, 0) is 111 Å². The highest BCUT2D eigenvalue weighted by Crippen LogP contribution is 2.37. The van der Waals surface area contributed by atoms with Gasteiger partial charge in [0, 0.05) is 0 Å². The van der Waals surface area contributed by atoms with Crippen molar-refractivity contribution in [2.24, 2.45) is 0 Å². The Labute approximate surface area is 333 Å². The van der Waals surface area contributed by atoms with Gasteiger partial charge in [-0.3, -0.25) is 0 Å². The lowest BCUT2D eigenvalue weighted by molar-refractivity contribution is -0.160. The Bertz CT molecular complexity index is 1460. The maximum Gasteiger partial charge on any atom is 0.494 e. The number of hydrogen-bond acceptors (Lipinski definition) is 13. The molecule has 0 saturated carbocycles. The minimum absolute atomic E-state index is 0.0771. The summed E-state index contributed by atoms with van der Waals surface area (Å²) < 4.78 is 61.4. The SMILES string of the molecule is CC(C)(C)OC(=O)COCCOCCOc1ccc(B2OC(C)(C)C(C)(C)O2)cc1.CC1(C)OB(c2ccc(OCCOCCOCC(=O)O)cc2)OC1(C)C. The minimum atomic E-state index is -0.989. The molecule has 0 unspecified atom stereocenters. The van der Waals surface area contributed by atoms with Crippen molar-refractivity contribution < 1.29 is 66.5 Å². The summed E-state index contributed by atoms with van der Waals surface area (Å²) in [6.07, 6.45) is 0. The van der Waals surface area contributed by atoms with Gasteiger partial charge >= 0.3 is 26.2 Å². The molecule has 0 atom stereocenters. The van der Waals surface area contributed by atoms with Gasteiger partial charge in [-0.15, -0.1) is 0 Å². The normalized spacial score (nSPS) is 17.9. The number of hydrogen-bond donors (Lipinski definition) is 1. The van der Waals surface area contributed by atoms with Crippen molar-refractivity contribution >= 4 is 37.1 Å². The first-order valence-electron chi connectivity index (χ1n) is 19.0. The molecule has 0 aromatic heterocycles. The van der Waals surface area contributed by atoms with E-state index < -0.39 is 11.6 Å². The van der Waals surface area contributed by atoms with E-state index in [-0.39, 0.29) is 62.4 Å². The second-order valence-corrected chi connectivity index (χ2v) is 16.3. The van der Waals surface area contributed by atoms with E-state index in [1.54, 1.807) is 0 Å². The molecule has 0 spiro atoms. The van der Waals surface area contributed by atoms with Gasteiger partial charge in [-0.25, -0.2) is 9.59 Å². The monoisotopic (exact) mass is 788 g/mol. The average Bonchev–Trinajstić information content (AvgIpc) is 3.46. The first kappa shape index (κ1) is 47.2. The lowest BCUT2D eigenvalue weighted by atomic mass is 9.79. The molecule has 0 bridgehead atoms. The fourth-order valence-corrected chi connectivity index (χ4v) is 4.96. The first-order valence-corrected chi connectivity index (χ1v) is 19.0. The largest absolute Gasteiger partial charge is 0.494 e. The van der Waals surface area contributed by atoms with Crippen LogP contribution >= 0.6 is 0 Å². The first-order chi connectivity index (χ1) is 26.1. The molecule has 0 aliphatic carbocycles. The molecule has 2 aromatic carbocycles. The Morgan fingerprint density at radius 3 is 1.20 bits per heavy atom. The van der Waals surface area contributed by atoms with Crippen LogP contribution in [0.3, 0.4) is 0 Å². The molecule has 16 heteroatoms. The number of carbonyl (C=O) groups is 2. The molecular formula is C40H62B2O14. The number of carbonyl (C=O) groups excluding carboxylic acids is 1. The highest BCUT2D eigenvalue weighted by molar-refractivity contribution is 6.62. The third-order valence-corrected chi connectivity index (χ3v) is 9.41. The van der Waals surface area contributed by atoms with E-state index in [4.69, 9.17) is 56.9 Å². The number of aliphatic carboxylic acids is 1. The molecule has 4 rings (SSSR count). The van der Waals surface area contributed by atoms with Gasteiger partial charge in [-0.2, -0.15) is 0 Å². The Balaban J connectivity index is 0.000000303. The number of rotatable bonds is 20. The van der Waals surface area contributed by atoms with Gasteiger partial charge in [-0.1, -0.05) is 24.3 Å². The van der Waals surface area contributed by atoms with Crippen LogP contribution in [0.25, 0.3) is 0 Å². The number of carboxylic acids is 1. The van der Waals surface area contributed by atoms with Crippen LogP contribution in [-0.4, -0.2) is 125 Å². The van der Waals surface area contributed by atoms with Crippen LogP contribution < -0.4 is 20.4 Å². The van der Waals surface area contributed by atoms with Crippen LogP contribution in [0.4, 0.5) is 0 Å². The zero-order valence-corrected chi connectivity index (χ0v) is 35.1. The number of ether oxygens (including phenoxy) is 7. The zero-order valence-electron chi connectivity index (χ0n) is 35.1. The Hall–Kier alpha value is -3.21. The van der Waals surface area contributed by atoms with Crippen molar-refractivity contribution in [2.45, 2.75) is 104 Å². The van der Waals surface area contributed by atoms with Crippen molar-refractivity contribution in [1.29, 1.82) is 0 Å². The van der Waals surface area contributed by atoms with Gasteiger partial charge in [0.15, 0.2) is 0 Å². The minimum Gasteiger partial charge on any atom is -0.491 e. The number of carboxylic acid groups (broad SMARTS) is 1. The third kappa shape index (κ3) is 15.6. The van der Waals surface area contributed by atoms with E-state index in [0.29, 0.717) is 46.2 Å². The van der Waals surface area contributed by atoms with Crippen LogP contribution in [-0.2, 0) is 51.9 Å². The van der Waals surface area contributed by atoms with E-state index in [9.17, 15) is 9.59 Å². The zero-order chi connectivity index (χ0) is 41.6. The second-order valence-electron chi connectivity index (χ2n) is 16.3. The van der Waals surface area contributed by atoms with Gasteiger partial charge < -0.3 is 56.9 Å². The molecule has 14 nitrogen and oxygen atoms in total. The van der Waals surface area contributed by atoms with Gasteiger partial charge in [0.1, 0.15) is 43.5 Å². The molecule has 2 aliphatic rings. The topological polar surface area (TPSA) is 156 Å². The average molecular weight is 789 g/mol. The molecule has 1 N–H and O–H groups in total. The second kappa shape index (κ2) is 21.0. The van der Waals surface area contributed by atoms with Crippen molar-refractivity contribution in [1.82, 2.24) is 0 Å². The Kier molecular flexibility index (Phi) is 17.7. The molecule has 2 aromatic rings. The fraction of sp³-hybridized carbons (Fsp3) is 0.650. The quantitative estimate of drug-likeness (QED) is 0.116. The van der Waals surface area contributed by atoms with Crippen molar-refractivity contribution in [2.75, 3.05) is 66.1 Å². The van der Waals surface area contributed by atoms with Crippen molar-refractivity contribution in [3.63, 3.8) is 0 Å². The van der Waals surface area contributed by atoms with E-state index >= 15 is 0 Å². The third-order valence-electron chi connectivity index (χ3n) is 9.41.